The third kappa shape index (κ3) is 6.47. The Bertz CT molecular complexity index is 1450. The Hall–Kier alpha value is -4.26. The SMILES string of the molecule is CC1CCC(C)(OOC(=O)c2cccc(-c3ccccc3)c2)C(OOC(=O)c2cccc(-c3ccccc3)c2)C1. The zero-order valence-electron chi connectivity index (χ0n) is 22.6. The zero-order valence-corrected chi connectivity index (χ0v) is 22.6. The first-order valence-electron chi connectivity index (χ1n) is 13.5. The average molecular weight is 537 g/mol. The highest BCUT2D eigenvalue weighted by atomic mass is 17.2. The van der Waals surface area contributed by atoms with Crippen LogP contribution in [0.15, 0.2) is 109 Å². The van der Waals surface area contributed by atoms with E-state index in [1.165, 1.54) is 0 Å². The van der Waals surface area contributed by atoms with Crippen LogP contribution in [0.4, 0.5) is 0 Å². The van der Waals surface area contributed by atoms with Crippen LogP contribution < -0.4 is 0 Å². The van der Waals surface area contributed by atoms with Crippen molar-refractivity contribution in [3.8, 4) is 22.3 Å². The van der Waals surface area contributed by atoms with Crippen LogP contribution >= 0.6 is 0 Å². The van der Waals surface area contributed by atoms with Gasteiger partial charge in [0.2, 0.25) is 0 Å². The molecule has 0 amide bonds. The predicted octanol–water partition coefficient (Wildman–Crippen LogP) is 7.84. The van der Waals surface area contributed by atoms with Crippen molar-refractivity contribution in [2.24, 2.45) is 5.92 Å². The molecular weight excluding hydrogens is 504 g/mol. The molecule has 0 spiro atoms. The fourth-order valence-electron chi connectivity index (χ4n) is 4.91. The van der Waals surface area contributed by atoms with Crippen molar-refractivity contribution in [3.05, 3.63) is 120 Å². The van der Waals surface area contributed by atoms with Crippen LogP contribution in [-0.2, 0) is 19.6 Å². The van der Waals surface area contributed by atoms with E-state index < -0.39 is 23.6 Å². The van der Waals surface area contributed by atoms with Gasteiger partial charge in [-0.2, -0.15) is 9.78 Å². The molecule has 0 radical (unpaired) electrons. The lowest BCUT2D eigenvalue weighted by Crippen LogP contribution is -2.48. The van der Waals surface area contributed by atoms with Crippen LogP contribution in [0.1, 0.15) is 53.8 Å². The molecular formula is C34H32O6. The fourth-order valence-corrected chi connectivity index (χ4v) is 4.91. The Morgan fingerprint density at radius 1 is 0.675 bits per heavy atom. The number of hydrogen-bond acceptors (Lipinski definition) is 6. The van der Waals surface area contributed by atoms with Gasteiger partial charge in [0.1, 0.15) is 11.7 Å². The highest BCUT2D eigenvalue weighted by Crippen LogP contribution is 2.37. The third-order valence-corrected chi connectivity index (χ3v) is 7.39. The van der Waals surface area contributed by atoms with Crippen LogP contribution in [0, 0.1) is 5.92 Å². The molecule has 204 valence electrons. The summed E-state index contributed by atoms with van der Waals surface area (Å²) in [4.78, 5) is 47.8. The average Bonchev–Trinajstić information content (AvgIpc) is 3.01. The van der Waals surface area contributed by atoms with E-state index in [0.717, 1.165) is 28.7 Å². The minimum atomic E-state index is -0.995. The van der Waals surface area contributed by atoms with E-state index in [1.54, 1.807) is 43.3 Å². The van der Waals surface area contributed by atoms with Gasteiger partial charge in [-0.3, -0.25) is 9.78 Å². The van der Waals surface area contributed by atoms with Gasteiger partial charge in [0.05, 0.1) is 11.1 Å². The quantitative estimate of drug-likeness (QED) is 0.169. The molecule has 5 rings (SSSR count). The maximum absolute atomic E-state index is 12.9. The molecule has 0 aliphatic heterocycles. The van der Waals surface area contributed by atoms with Gasteiger partial charge in [-0.15, -0.1) is 0 Å². The molecule has 6 nitrogen and oxygen atoms in total. The van der Waals surface area contributed by atoms with Gasteiger partial charge >= 0.3 is 11.9 Å². The lowest BCUT2D eigenvalue weighted by Gasteiger charge is -2.39. The second-order valence-corrected chi connectivity index (χ2v) is 10.5. The smallest absolute Gasteiger partial charge is 0.292 e. The molecule has 6 heteroatoms. The highest BCUT2D eigenvalue weighted by molar-refractivity contribution is 5.91. The van der Waals surface area contributed by atoms with E-state index >= 15 is 0 Å². The second kappa shape index (κ2) is 12.3. The Labute approximate surface area is 234 Å². The van der Waals surface area contributed by atoms with Crippen molar-refractivity contribution in [1.29, 1.82) is 0 Å². The maximum Gasteiger partial charge on any atom is 0.373 e. The lowest BCUT2D eigenvalue weighted by molar-refractivity contribution is -0.388. The molecule has 1 fully saturated rings. The minimum Gasteiger partial charge on any atom is -0.292 e. The van der Waals surface area contributed by atoms with Crippen molar-refractivity contribution in [1.82, 2.24) is 0 Å². The molecule has 40 heavy (non-hydrogen) atoms. The lowest BCUT2D eigenvalue weighted by atomic mass is 9.78. The van der Waals surface area contributed by atoms with Crippen molar-refractivity contribution < 1.29 is 29.1 Å². The summed E-state index contributed by atoms with van der Waals surface area (Å²) in [5, 5.41) is 0. The van der Waals surface area contributed by atoms with Gasteiger partial charge in [0.15, 0.2) is 0 Å². The van der Waals surface area contributed by atoms with Crippen molar-refractivity contribution in [2.75, 3.05) is 0 Å². The fraction of sp³-hybridized carbons (Fsp3) is 0.235. The zero-order chi connectivity index (χ0) is 28.0. The number of benzene rings is 4. The molecule has 1 aliphatic rings. The van der Waals surface area contributed by atoms with Crippen LogP contribution in [-0.4, -0.2) is 23.6 Å². The van der Waals surface area contributed by atoms with Gasteiger partial charge < -0.3 is 0 Å². The standard InChI is InChI=1S/C34H32O6/c1-24-19-20-34(2,40-39-33(36)30-18-10-16-28(23-30)26-13-7-4-8-14-26)31(21-24)37-38-32(35)29-17-9-15-27(22-29)25-11-5-3-6-12-25/h3-18,22-24,31H,19-21H2,1-2H3. The summed E-state index contributed by atoms with van der Waals surface area (Å²) in [5.41, 5.74) is 3.54. The van der Waals surface area contributed by atoms with Crippen LogP contribution in [0.3, 0.4) is 0 Å². The van der Waals surface area contributed by atoms with E-state index in [9.17, 15) is 9.59 Å². The molecule has 0 bridgehead atoms. The normalized spacial score (nSPS) is 20.4. The Kier molecular flexibility index (Phi) is 8.39. The summed E-state index contributed by atoms with van der Waals surface area (Å²) in [5.74, 6) is -0.890. The van der Waals surface area contributed by atoms with Crippen molar-refractivity contribution in [3.63, 3.8) is 0 Å². The van der Waals surface area contributed by atoms with E-state index in [4.69, 9.17) is 19.6 Å². The van der Waals surface area contributed by atoms with Gasteiger partial charge in [-0.1, -0.05) is 91.9 Å². The highest BCUT2D eigenvalue weighted by Gasteiger charge is 2.45. The maximum atomic E-state index is 12.9. The van der Waals surface area contributed by atoms with Crippen molar-refractivity contribution in [2.45, 2.75) is 44.8 Å². The summed E-state index contributed by atoms with van der Waals surface area (Å²) in [6.45, 7) is 3.91. The summed E-state index contributed by atoms with van der Waals surface area (Å²) in [6.07, 6.45) is 1.37. The molecule has 3 unspecified atom stereocenters. The molecule has 1 saturated carbocycles. The number of carbonyl (C=O) groups excluding carboxylic acids is 2. The molecule has 1 aliphatic carbocycles. The summed E-state index contributed by atoms with van der Waals surface area (Å²) >= 11 is 0. The Morgan fingerprint density at radius 3 is 1.73 bits per heavy atom. The number of hydrogen-bond donors (Lipinski definition) is 0. The molecule has 0 heterocycles. The second-order valence-electron chi connectivity index (χ2n) is 10.5. The van der Waals surface area contributed by atoms with E-state index in [0.29, 0.717) is 29.9 Å². The minimum absolute atomic E-state index is 0.319. The van der Waals surface area contributed by atoms with Gasteiger partial charge in [0, 0.05) is 0 Å². The molecule has 3 atom stereocenters. The van der Waals surface area contributed by atoms with Crippen LogP contribution in [0.5, 0.6) is 0 Å². The third-order valence-electron chi connectivity index (χ3n) is 7.39. The Balaban J connectivity index is 1.23. The molecule has 4 aromatic rings. The van der Waals surface area contributed by atoms with Gasteiger partial charge in [-0.05, 0) is 78.6 Å². The molecule has 0 N–H and O–H groups in total. The summed E-state index contributed by atoms with van der Waals surface area (Å²) in [7, 11) is 0. The van der Waals surface area contributed by atoms with Crippen LogP contribution in [0.2, 0.25) is 0 Å². The number of rotatable bonds is 8. The largest absolute Gasteiger partial charge is 0.373 e. The Morgan fingerprint density at radius 2 is 1.18 bits per heavy atom. The summed E-state index contributed by atoms with van der Waals surface area (Å²) < 4.78 is 0. The first kappa shape index (κ1) is 27.3. The topological polar surface area (TPSA) is 71.1 Å². The van der Waals surface area contributed by atoms with E-state index in [2.05, 4.69) is 6.92 Å². The number of carbonyl (C=O) groups is 2. The molecule has 4 aromatic carbocycles. The van der Waals surface area contributed by atoms with E-state index in [1.807, 2.05) is 72.8 Å². The molecule has 0 aromatic heterocycles. The van der Waals surface area contributed by atoms with Crippen molar-refractivity contribution >= 4 is 11.9 Å². The predicted molar refractivity (Wildman–Crippen MR) is 152 cm³/mol. The van der Waals surface area contributed by atoms with Gasteiger partial charge in [-0.25, -0.2) is 9.59 Å². The van der Waals surface area contributed by atoms with Crippen LogP contribution in [0.25, 0.3) is 22.3 Å². The van der Waals surface area contributed by atoms with Gasteiger partial charge in [0.25, 0.3) is 0 Å². The first-order valence-corrected chi connectivity index (χ1v) is 13.5. The monoisotopic (exact) mass is 536 g/mol. The molecule has 0 saturated heterocycles. The first-order chi connectivity index (χ1) is 19.4. The van der Waals surface area contributed by atoms with E-state index in [-0.39, 0.29) is 0 Å². The summed E-state index contributed by atoms with van der Waals surface area (Å²) in [6, 6.07) is 34.0.